The van der Waals surface area contributed by atoms with E-state index in [9.17, 15) is 24.3 Å². The molecule has 6 heterocycles. The molecule has 4 saturated heterocycles. The Hall–Kier alpha value is -5.92. The predicted molar refractivity (Wildman–Crippen MR) is 222 cm³/mol. The zero-order valence-corrected chi connectivity index (χ0v) is 34.4. The van der Waals surface area contributed by atoms with Gasteiger partial charge in [-0.3, -0.25) is 9.59 Å². The molecule has 1 aliphatic carbocycles. The number of rotatable bonds is 9. The van der Waals surface area contributed by atoms with Crippen LogP contribution in [0.1, 0.15) is 93.3 Å². The molecule has 5 aliphatic rings. The van der Waals surface area contributed by atoms with Crippen molar-refractivity contribution in [3.05, 3.63) is 71.7 Å². The Morgan fingerprint density at radius 1 is 0.787 bits per heavy atom. The smallest absolute Gasteiger partial charge is 0.407 e. The van der Waals surface area contributed by atoms with Crippen LogP contribution < -0.4 is 10.6 Å². The van der Waals surface area contributed by atoms with Crippen LogP contribution in [0, 0.1) is 29.6 Å². The van der Waals surface area contributed by atoms with Crippen molar-refractivity contribution in [1.82, 2.24) is 40.4 Å². The number of methoxy groups -OCH3 is 1. The number of nitrogens with one attached hydrogen (secondary N) is 4. The van der Waals surface area contributed by atoms with Crippen LogP contribution in [0.15, 0.2) is 48.8 Å². The van der Waals surface area contributed by atoms with Crippen molar-refractivity contribution in [2.45, 2.75) is 94.5 Å². The molecule has 5 fully saturated rings. The average Bonchev–Trinajstić information content (AvgIpc) is 3.75. The predicted octanol–water partition coefficient (Wildman–Crippen LogP) is 5.28. The standard InChI is InChI=1S/C45H52N8O8/c1-25-3-10-35(52(25)42(54)38(50-44(56)57)27-11-15-60-16-12-27)40-47-24-34(49-40)31-8-7-29-19-26(4-6-30(29)20-31)5-9-33-23-46-41(48-33)37-22-32-21-36(32)53(37)43(55)39(51-45(58)59-2)28-13-17-61-18-14-28/h4,6-8,19-20,23-25,27-28,32,35-39,50H,3,10-18,21-22H2,1-2H3,(H,46,48)(H,47,49)(H,51,58)(H,56,57)/t25-,32+,35-,36+,37-,38-,39-/m0/s1. The van der Waals surface area contributed by atoms with Crippen LogP contribution in [-0.2, 0) is 23.8 Å². The lowest BCUT2D eigenvalue weighted by Crippen LogP contribution is -2.54. The first-order chi connectivity index (χ1) is 29.6. The summed E-state index contributed by atoms with van der Waals surface area (Å²) in [6, 6.07) is 10.3. The van der Waals surface area contributed by atoms with Crippen LogP contribution in [0.25, 0.3) is 22.0 Å². The van der Waals surface area contributed by atoms with Crippen molar-refractivity contribution in [3.63, 3.8) is 0 Å². The lowest BCUT2D eigenvalue weighted by Gasteiger charge is -2.35. The number of carbonyl (C=O) groups excluding carboxylic acids is 3. The molecule has 2 aromatic heterocycles. The van der Waals surface area contributed by atoms with Gasteiger partial charge in [-0.15, -0.1) is 0 Å². The summed E-state index contributed by atoms with van der Waals surface area (Å²) in [5.74, 6) is 7.80. The normalized spacial score (nSPS) is 25.0. The first-order valence-electron chi connectivity index (χ1n) is 21.4. The molecule has 4 amide bonds. The molecule has 0 spiro atoms. The maximum atomic E-state index is 14.1. The number of hydrogen-bond acceptors (Lipinski definition) is 9. The maximum Gasteiger partial charge on any atom is 0.407 e. The van der Waals surface area contributed by atoms with Gasteiger partial charge < -0.3 is 49.7 Å². The van der Waals surface area contributed by atoms with Crippen molar-refractivity contribution >= 4 is 34.8 Å². The summed E-state index contributed by atoms with van der Waals surface area (Å²) in [5.41, 5.74) is 3.26. The quantitative estimate of drug-likeness (QED) is 0.138. The summed E-state index contributed by atoms with van der Waals surface area (Å²) in [4.78, 5) is 72.2. The summed E-state index contributed by atoms with van der Waals surface area (Å²) in [7, 11) is 1.31. The van der Waals surface area contributed by atoms with Gasteiger partial charge in [-0.2, -0.15) is 0 Å². The van der Waals surface area contributed by atoms with E-state index in [4.69, 9.17) is 19.2 Å². The summed E-state index contributed by atoms with van der Waals surface area (Å²) >= 11 is 0. The van der Waals surface area contributed by atoms with Gasteiger partial charge in [-0.25, -0.2) is 19.6 Å². The van der Waals surface area contributed by atoms with Crippen molar-refractivity contribution in [3.8, 4) is 23.1 Å². The van der Waals surface area contributed by atoms with E-state index in [1.54, 1.807) is 12.4 Å². The highest BCUT2D eigenvalue weighted by atomic mass is 16.5. The van der Waals surface area contributed by atoms with Gasteiger partial charge in [0.15, 0.2) is 0 Å². The third kappa shape index (κ3) is 8.41. The van der Waals surface area contributed by atoms with Crippen LogP contribution in [0.3, 0.4) is 0 Å². The summed E-state index contributed by atoms with van der Waals surface area (Å²) in [6.45, 7) is 4.13. The van der Waals surface area contributed by atoms with E-state index in [0.717, 1.165) is 53.3 Å². The first-order valence-corrected chi connectivity index (χ1v) is 21.4. The second-order valence-corrected chi connectivity index (χ2v) is 17.1. The van der Waals surface area contributed by atoms with Gasteiger partial charge in [0.25, 0.3) is 0 Å². The number of carboxylic acid groups (broad SMARTS) is 1. The number of hydrogen-bond donors (Lipinski definition) is 5. The van der Waals surface area contributed by atoms with Gasteiger partial charge in [-0.1, -0.05) is 24.1 Å². The Kier molecular flexibility index (Phi) is 11.4. The third-order valence-electron chi connectivity index (χ3n) is 13.3. The minimum atomic E-state index is -1.21. The molecule has 16 heteroatoms. The lowest BCUT2D eigenvalue weighted by atomic mass is 9.90. The van der Waals surface area contributed by atoms with Gasteiger partial charge in [0.05, 0.1) is 37.3 Å². The first kappa shape index (κ1) is 40.5. The topological polar surface area (TPSA) is 204 Å². The van der Waals surface area contributed by atoms with Gasteiger partial charge in [-0.05, 0) is 111 Å². The van der Waals surface area contributed by atoms with Gasteiger partial charge in [0, 0.05) is 49.6 Å². The molecule has 320 valence electrons. The summed E-state index contributed by atoms with van der Waals surface area (Å²) < 4.78 is 15.9. The third-order valence-corrected chi connectivity index (χ3v) is 13.3. The SMILES string of the molecule is COC(=O)N[C@H](C(=O)N1[C@@H]2C[C@@H]2C[C@H]1c1ncc(C#Cc2ccc3cc(-c4cnc([C@@H]5CC[C@H](C)N5C(=O)[C@@H](NC(=O)O)C5CCOCC5)[nH]4)ccc3c2)[nH]1)C1CCOCC1. The van der Waals surface area contributed by atoms with Crippen LogP contribution in [0.5, 0.6) is 0 Å². The number of aromatic nitrogens is 4. The largest absolute Gasteiger partial charge is 0.465 e. The Labute approximate surface area is 353 Å². The maximum absolute atomic E-state index is 14.1. The Morgan fingerprint density at radius 3 is 2.16 bits per heavy atom. The van der Waals surface area contributed by atoms with Crippen molar-refractivity contribution in [1.29, 1.82) is 0 Å². The zero-order chi connectivity index (χ0) is 42.2. The van der Waals surface area contributed by atoms with Gasteiger partial charge in [0.1, 0.15) is 29.4 Å². The number of carbonyl (C=O) groups is 4. The molecular weight excluding hydrogens is 781 g/mol. The number of alkyl carbamates (subject to hydrolysis) is 1. The monoisotopic (exact) mass is 832 g/mol. The van der Waals surface area contributed by atoms with Crippen molar-refractivity contribution in [2.24, 2.45) is 17.8 Å². The highest BCUT2D eigenvalue weighted by Crippen LogP contribution is 2.53. The van der Waals surface area contributed by atoms with Gasteiger partial charge >= 0.3 is 12.2 Å². The molecule has 0 bridgehead atoms. The molecule has 9 rings (SSSR count). The molecule has 4 aromatic rings. The van der Waals surface area contributed by atoms with Gasteiger partial charge in [0.2, 0.25) is 11.8 Å². The number of amides is 4. The van der Waals surface area contributed by atoms with Crippen molar-refractivity contribution < 1.29 is 38.5 Å². The van der Waals surface area contributed by atoms with E-state index >= 15 is 0 Å². The van der Waals surface area contributed by atoms with E-state index in [0.29, 0.717) is 75.4 Å². The number of likely N-dealkylation sites (tertiary alicyclic amines) is 2. The molecule has 5 N–H and O–H groups in total. The van der Waals surface area contributed by atoms with Crippen LogP contribution >= 0.6 is 0 Å². The summed E-state index contributed by atoms with van der Waals surface area (Å²) in [6.07, 6.45) is 7.58. The molecule has 2 aromatic carbocycles. The van der Waals surface area contributed by atoms with Crippen LogP contribution in [-0.4, -0.2) is 117 Å². The van der Waals surface area contributed by atoms with Crippen LogP contribution in [0.2, 0.25) is 0 Å². The minimum Gasteiger partial charge on any atom is -0.465 e. The second-order valence-electron chi connectivity index (χ2n) is 17.1. The number of nitrogens with zero attached hydrogens (tertiary/aromatic N) is 4. The Morgan fingerprint density at radius 2 is 1.44 bits per heavy atom. The number of benzene rings is 2. The molecule has 7 atom stereocenters. The van der Waals surface area contributed by atoms with Crippen LogP contribution in [0.4, 0.5) is 9.59 Å². The Balaban J connectivity index is 0.878. The molecule has 1 saturated carbocycles. The highest BCUT2D eigenvalue weighted by molar-refractivity contribution is 5.89. The lowest BCUT2D eigenvalue weighted by molar-refractivity contribution is -0.139. The van der Waals surface area contributed by atoms with E-state index in [2.05, 4.69) is 43.5 Å². The molecule has 61 heavy (non-hydrogen) atoms. The molecule has 0 unspecified atom stereocenters. The number of piperidine rings is 1. The van der Waals surface area contributed by atoms with E-state index < -0.39 is 24.3 Å². The second kappa shape index (κ2) is 17.2. The molecule has 0 radical (unpaired) electrons. The number of fused-ring (bicyclic) bond motifs is 2. The van der Waals surface area contributed by atoms with Crippen molar-refractivity contribution in [2.75, 3.05) is 33.5 Å². The fraction of sp³-hybridized carbons (Fsp3) is 0.511. The summed E-state index contributed by atoms with van der Waals surface area (Å²) in [5, 5.41) is 17.0. The number of imidazole rings is 2. The zero-order valence-electron chi connectivity index (χ0n) is 34.4. The minimum absolute atomic E-state index is 0.0350. The highest BCUT2D eigenvalue weighted by Gasteiger charge is 2.56. The number of aromatic amines is 2. The molecular formula is C45H52N8O8. The number of ether oxygens (including phenoxy) is 3. The fourth-order valence-corrected chi connectivity index (χ4v) is 9.99. The van der Waals surface area contributed by atoms with E-state index in [1.165, 1.54) is 7.11 Å². The van der Waals surface area contributed by atoms with E-state index in [-0.39, 0.29) is 47.8 Å². The molecule has 16 nitrogen and oxygen atoms in total. The fourth-order valence-electron chi connectivity index (χ4n) is 9.99. The van der Waals surface area contributed by atoms with E-state index in [1.807, 2.05) is 47.1 Å². The molecule has 4 aliphatic heterocycles. The average molecular weight is 833 g/mol. The Bertz CT molecular complexity index is 2360. The number of H-pyrrole nitrogens is 2.